The molecule has 9 nitrogen and oxygen atoms in total. The SMILES string of the molecule is COCCc1noc(CNC(=O)Cc2c(C)[nH][nH]c2=O)n1. The molecule has 21 heavy (non-hydrogen) atoms. The van der Waals surface area contributed by atoms with Gasteiger partial charge in [-0.3, -0.25) is 14.7 Å². The van der Waals surface area contributed by atoms with Gasteiger partial charge in [-0.05, 0) is 6.92 Å². The van der Waals surface area contributed by atoms with Gasteiger partial charge in [-0.15, -0.1) is 0 Å². The fourth-order valence-corrected chi connectivity index (χ4v) is 1.74. The Morgan fingerprint density at radius 3 is 2.90 bits per heavy atom. The normalized spacial score (nSPS) is 10.8. The van der Waals surface area contributed by atoms with Crippen molar-refractivity contribution in [3.8, 4) is 0 Å². The maximum Gasteiger partial charge on any atom is 0.267 e. The zero-order chi connectivity index (χ0) is 15.2. The first-order valence-corrected chi connectivity index (χ1v) is 6.43. The highest BCUT2D eigenvalue weighted by Gasteiger charge is 2.12. The summed E-state index contributed by atoms with van der Waals surface area (Å²) in [5.74, 6) is 0.549. The molecule has 0 fully saturated rings. The van der Waals surface area contributed by atoms with E-state index >= 15 is 0 Å². The van der Waals surface area contributed by atoms with E-state index in [-0.39, 0.29) is 24.4 Å². The molecule has 0 atom stereocenters. The molecule has 0 radical (unpaired) electrons. The van der Waals surface area contributed by atoms with Crippen LogP contribution in [0.15, 0.2) is 9.32 Å². The standard InChI is InChI=1S/C12H17N5O4/c1-7-8(12(19)16-15-7)5-10(18)13-6-11-14-9(17-21-11)3-4-20-2/h3-6H2,1-2H3,(H,13,18)(H2,15,16,19). The zero-order valence-corrected chi connectivity index (χ0v) is 11.9. The van der Waals surface area contributed by atoms with Crippen molar-refractivity contribution in [1.29, 1.82) is 0 Å². The smallest absolute Gasteiger partial charge is 0.267 e. The molecule has 0 aromatic carbocycles. The number of aromatic amines is 2. The van der Waals surface area contributed by atoms with Crippen LogP contribution in [0.25, 0.3) is 0 Å². The summed E-state index contributed by atoms with van der Waals surface area (Å²) in [7, 11) is 1.59. The van der Waals surface area contributed by atoms with E-state index in [2.05, 4.69) is 25.7 Å². The van der Waals surface area contributed by atoms with Crippen molar-refractivity contribution in [3.63, 3.8) is 0 Å². The van der Waals surface area contributed by atoms with E-state index in [1.807, 2.05) is 0 Å². The number of carbonyl (C=O) groups excluding carboxylic acids is 1. The summed E-state index contributed by atoms with van der Waals surface area (Å²) in [5.41, 5.74) is 0.774. The summed E-state index contributed by atoms with van der Waals surface area (Å²) in [6.07, 6.45) is 0.543. The maximum absolute atomic E-state index is 11.8. The van der Waals surface area contributed by atoms with E-state index in [0.29, 0.717) is 36.0 Å². The Labute approximate surface area is 120 Å². The molecular weight excluding hydrogens is 278 g/mol. The second kappa shape index (κ2) is 6.84. The predicted molar refractivity (Wildman–Crippen MR) is 71.6 cm³/mol. The zero-order valence-electron chi connectivity index (χ0n) is 11.9. The van der Waals surface area contributed by atoms with Gasteiger partial charge in [-0.2, -0.15) is 4.98 Å². The number of methoxy groups -OCH3 is 1. The van der Waals surface area contributed by atoms with E-state index in [9.17, 15) is 9.59 Å². The number of nitrogens with one attached hydrogen (secondary N) is 3. The summed E-state index contributed by atoms with van der Waals surface area (Å²) in [5, 5.41) is 11.5. The van der Waals surface area contributed by atoms with Crippen molar-refractivity contribution in [2.45, 2.75) is 26.3 Å². The van der Waals surface area contributed by atoms with Gasteiger partial charge in [0.15, 0.2) is 5.82 Å². The minimum absolute atomic E-state index is 0.00463. The van der Waals surface area contributed by atoms with Crippen molar-refractivity contribution in [1.82, 2.24) is 25.7 Å². The Balaban J connectivity index is 1.84. The fraction of sp³-hybridized carbons (Fsp3) is 0.500. The molecule has 0 unspecified atom stereocenters. The molecular formula is C12H17N5O4. The summed E-state index contributed by atoms with van der Waals surface area (Å²) >= 11 is 0. The minimum Gasteiger partial charge on any atom is -0.384 e. The van der Waals surface area contributed by atoms with Crippen LogP contribution in [-0.2, 0) is 28.9 Å². The van der Waals surface area contributed by atoms with Gasteiger partial charge in [-0.25, -0.2) is 0 Å². The lowest BCUT2D eigenvalue weighted by Gasteiger charge is -2.00. The Morgan fingerprint density at radius 1 is 1.43 bits per heavy atom. The number of aromatic nitrogens is 4. The fourth-order valence-electron chi connectivity index (χ4n) is 1.74. The summed E-state index contributed by atoms with van der Waals surface area (Å²) in [6, 6.07) is 0. The van der Waals surface area contributed by atoms with Crippen LogP contribution in [0.5, 0.6) is 0 Å². The third-order valence-corrected chi connectivity index (χ3v) is 2.90. The predicted octanol–water partition coefficient (Wildman–Crippen LogP) is -0.558. The van der Waals surface area contributed by atoms with Crippen LogP contribution in [0, 0.1) is 6.92 Å². The lowest BCUT2D eigenvalue weighted by atomic mass is 10.2. The topological polar surface area (TPSA) is 126 Å². The first kappa shape index (κ1) is 15.0. The second-order valence-electron chi connectivity index (χ2n) is 4.48. The first-order valence-electron chi connectivity index (χ1n) is 6.43. The lowest BCUT2D eigenvalue weighted by molar-refractivity contribution is -0.120. The number of amides is 1. The number of aryl methyl sites for hydroxylation is 1. The molecule has 0 aliphatic carbocycles. The van der Waals surface area contributed by atoms with Gasteiger partial charge in [-0.1, -0.05) is 5.16 Å². The number of nitrogens with zero attached hydrogens (tertiary/aromatic N) is 2. The quantitative estimate of drug-likeness (QED) is 0.628. The van der Waals surface area contributed by atoms with E-state index < -0.39 is 0 Å². The molecule has 9 heteroatoms. The van der Waals surface area contributed by atoms with Crippen LogP contribution < -0.4 is 10.9 Å². The Hall–Kier alpha value is -2.42. The molecule has 0 aliphatic heterocycles. The molecule has 0 saturated carbocycles. The van der Waals surface area contributed by atoms with Crippen LogP contribution in [0.2, 0.25) is 0 Å². The number of hydrogen-bond donors (Lipinski definition) is 3. The summed E-state index contributed by atoms with van der Waals surface area (Å²) < 4.78 is 9.90. The van der Waals surface area contributed by atoms with Crippen molar-refractivity contribution < 1.29 is 14.1 Å². The minimum atomic E-state index is -0.292. The summed E-state index contributed by atoms with van der Waals surface area (Å²) in [6.45, 7) is 2.35. The van der Waals surface area contributed by atoms with Gasteiger partial charge in [0, 0.05) is 24.8 Å². The van der Waals surface area contributed by atoms with Gasteiger partial charge >= 0.3 is 0 Å². The highest BCUT2D eigenvalue weighted by molar-refractivity contribution is 5.78. The van der Waals surface area contributed by atoms with Crippen molar-refractivity contribution in [2.24, 2.45) is 0 Å². The monoisotopic (exact) mass is 295 g/mol. The Bertz CT molecular complexity index is 657. The first-order chi connectivity index (χ1) is 10.1. The summed E-state index contributed by atoms with van der Waals surface area (Å²) in [4.78, 5) is 27.3. The van der Waals surface area contributed by atoms with Gasteiger partial charge in [0.05, 0.1) is 19.6 Å². The molecule has 2 aromatic rings. The van der Waals surface area contributed by atoms with E-state index in [0.717, 1.165) is 0 Å². The molecule has 0 spiro atoms. The number of ether oxygens (including phenoxy) is 1. The van der Waals surface area contributed by atoms with Crippen LogP contribution >= 0.6 is 0 Å². The molecule has 0 bridgehead atoms. The maximum atomic E-state index is 11.8. The number of H-pyrrole nitrogens is 2. The van der Waals surface area contributed by atoms with Crippen LogP contribution in [0.3, 0.4) is 0 Å². The Kier molecular flexibility index (Phi) is 4.88. The van der Waals surface area contributed by atoms with Crippen LogP contribution in [0.4, 0.5) is 0 Å². The molecule has 0 aliphatic rings. The van der Waals surface area contributed by atoms with Gasteiger partial charge in [0.25, 0.3) is 5.56 Å². The van der Waals surface area contributed by atoms with Crippen molar-refractivity contribution in [2.75, 3.05) is 13.7 Å². The lowest BCUT2D eigenvalue weighted by Crippen LogP contribution is -2.26. The number of hydrogen-bond acceptors (Lipinski definition) is 6. The highest BCUT2D eigenvalue weighted by Crippen LogP contribution is 2.00. The van der Waals surface area contributed by atoms with Crippen LogP contribution in [-0.4, -0.2) is 40.0 Å². The molecule has 0 saturated heterocycles. The van der Waals surface area contributed by atoms with E-state index in [1.165, 1.54) is 0 Å². The third-order valence-electron chi connectivity index (χ3n) is 2.90. The largest absolute Gasteiger partial charge is 0.384 e. The molecule has 3 N–H and O–H groups in total. The molecule has 1 amide bonds. The second-order valence-corrected chi connectivity index (χ2v) is 4.48. The molecule has 2 aromatic heterocycles. The third kappa shape index (κ3) is 4.02. The average Bonchev–Trinajstić information content (AvgIpc) is 3.04. The van der Waals surface area contributed by atoms with Gasteiger partial charge in [0.2, 0.25) is 11.8 Å². The van der Waals surface area contributed by atoms with Crippen LogP contribution in [0.1, 0.15) is 23.0 Å². The number of carbonyl (C=O) groups is 1. The average molecular weight is 295 g/mol. The van der Waals surface area contributed by atoms with E-state index in [1.54, 1.807) is 14.0 Å². The van der Waals surface area contributed by atoms with Gasteiger partial charge in [0.1, 0.15) is 0 Å². The molecule has 114 valence electrons. The van der Waals surface area contributed by atoms with Crippen molar-refractivity contribution >= 4 is 5.91 Å². The van der Waals surface area contributed by atoms with Crippen molar-refractivity contribution in [3.05, 3.63) is 33.3 Å². The van der Waals surface area contributed by atoms with E-state index in [4.69, 9.17) is 9.26 Å². The highest BCUT2D eigenvalue weighted by atomic mass is 16.5. The Morgan fingerprint density at radius 2 is 2.24 bits per heavy atom. The number of rotatable bonds is 7. The van der Waals surface area contributed by atoms with Gasteiger partial charge < -0.3 is 19.7 Å². The molecule has 2 rings (SSSR count). The molecule has 2 heterocycles.